The Bertz CT molecular complexity index is 979. The van der Waals surface area contributed by atoms with Crippen LogP contribution in [0.15, 0.2) is 37.1 Å². The van der Waals surface area contributed by atoms with Crippen LogP contribution < -0.4 is 10.6 Å². The first kappa shape index (κ1) is 21.2. The first-order chi connectivity index (χ1) is 14.9. The number of rotatable bonds is 6. The molecule has 1 fully saturated rings. The van der Waals surface area contributed by atoms with Gasteiger partial charge >= 0.3 is 0 Å². The second-order valence-corrected chi connectivity index (χ2v) is 8.47. The van der Waals surface area contributed by atoms with Gasteiger partial charge in [0.25, 0.3) is 0 Å². The van der Waals surface area contributed by atoms with Crippen LogP contribution in [0.5, 0.6) is 0 Å². The lowest BCUT2D eigenvalue weighted by Gasteiger charge is -2.32. The molecule has 3 heterocycles. The third-order valence-corrected chi connectivity index (χ3v) is 5.93. The van der Waals surface area contributed by atoms with Crippen molar-refractivity contribution in [3.8, 4) is 0 Å². The van der Waals surface area contributed by atoms with Gasteiger partial charge in [-0.25, -0.2) is 9.37 Å². The highest BCUT2D eigenvalue weighted by Gasteiger charge is 2.24. The van der Waals surface area contributed by atoms with Gasteiger partial charge in [0.1, 0.15) is 0 Å². The zero-order valence-corrected chi connectivity index (χ0v) is 18.1. The van der Waals surface area contributed by atoms with E-state index in [0.29, 0.717) is 25.1 Å². The molecule has 0 bridgehead atoms. The fourth-order valence-electron chi connectivity index (χ4n) is 4.14. The summed E-state index contributed by atoms with van der Waals surface area (Å²) in [6.45, 7) is 11.0. The summed E-state index contributed by atoms with van der Waals surface area (Å²) in [6.07, 6.45) is 4.16. The van der Waals surface area contributed by atoms with Gasteiger partial charge in [0.05, 0.1) is 6.20 Å². The predicted octanol–water partition coefficient (Wildman–Crippen LogP) is 3.67. The standard InChI is InChI=1S/C23H29FN6O/c1-4-21(31)29-9-5-6-19(14-29)26-22-20(24)11-25-23(28-22)27-18-8-7-16-12-30(15(2)3)13-17(16)10-18/h4,7-8,10-11,15,19H,1,5-6,9,12-14H2,2-3H3,(H2,25,26,27,28)/t19-/m1/s1. The fourth-order valence-corrected chi connectivity index (χ4v) is 4.14. The average molecular weight is 425 g/mol. The lowest BCUT2D eigenvalue weighted by Crippen LogP contribution is -2.44. The van der Waals surface area contributed by atoms with Crippen LogP contribution in [-0.4, -0.2) is 50.8 Å². The lowest BCUT2D eigenvalue weighted by atomic mass is 10.1. The SMILES string of the molecule is C=CC(=O)N1CCC[C@@H](Nc2nc(Nc3ccc4c(c3)CN(C(C)C)C4)ncc2F)C1. The number of hydrogen-bond donors (Lipinski definition) is 2. The quantitative estimate of drug-likeness (QED) is 0.690. The van der Waals surface area contributed by atoms with Gasteiger partial charge in [0.15, 0.2) is 11.6 Å². The maximum Gasteiger partial charge on any atom is 0.246 e. The molecular weight excluding hydrogens is 395 g/mol. The minimum absolute atomic E-state index is 0.0723. The third-order valence-electron chi connectivity index (χ3n) is 5.93. The molecule has 0 spiro atoms. The van der Waals surface area contributed by atoms with Gasteiger partial charge in [-0.05, 0) is 56.0 Å². The van der Waals surface area contributed by atoms with Crippen molar-refractivity contribution in [2.75, 3.05) is 23.7 Å². The first-order valence-electron chi connectivity index (χ1n) is 10.8. The molecule has 2 aliphatic rings. The Labute approximate surface area is 182 Å². The van der Waals surface area contributed by atoms with Gasteiger partial charge in [-0.2, -0.15) is 4.98 Å². The van der Waals surface area contributed by atoms with Crippen molar-refractivity contribution in [3.63, 3.8) is 0 Å². The Morgan fingerprint density at radius 3 is 2.90 bits per heavy atom. The number of halogens is 1. The Kier molecular flexibility index (Phi) is 6.18. The van der Waals surface area contributed by atoms with Gasteiger partial charge in [-0.3, -0.25) is 9.69 Å². The Hall–Kier alpha value is -3.00. The molecule has 1 aromatic heterocycles. The molecule has 4 rings (SSSR count). The van der Waals surface area contributed by atoms with Gasteiger partial charge in [-0.15, -0.1) is 0 Å². The van der Waals surface area contributed by atoms with Crippen LogP contribution in [0.3, 0.4) is 0 Å². The minimum atomic E-state index is -0.515. The lowest BCUT2D eigenvalue weighted by molar-refractivity contribution is -0.127. The Morgan fingerprint density at radius 1 is 1.32 bits per heavy atom. The molecule has 1 saturated heterocycles. The summed E-state index contributed by atoms with van der Waals surface area (Å²) in [5, 5.41) is 6.34. The van der Waals surface area contributed by atoms with Crippen molar-refractivity contribution < 1.29 is 9.18 Å². The molecule has 0 aliphatic carbocycles. The van der Waals surface area contributed by atoms with Crippen molar-refractivity contribution in [1.82, 2.24) is 19.8 Å². The molecule has 1 atom stereocenters. The number of benzene rings is 1. The summed E-state index contributed by atoms with van der Waals surface area (Å²) in [5.74, 6) is -0.149. The Morgan fingerprint density at radius 2 is 2.13 bits per heavy atom. The van der Waals surface area contributed by atoms with Gasteiger partial charge in [0, 0.05) is 44.0 Å². The summed E-state index contributed by atoms with van der Waals surface area (Å²) >= 11 is 0. The molecule has 2 N–H and O–H groups in total. The van der Waals surface area contributed by atoms with Crippen molar-refractivity contribution in [2.45, 2.75) is 51.9 Å². The van der Waals surface area contributed by atoms with E-state index in [1.165, 1.54) is 23.4 Å². The van der Waals surface area contributed by atoms with E-state index in [0.717, 1.165) is 31.6 Å². The fraction of sp³-hybridized carbons (Fsp3) is 0.435. The van der Waals surface area contributed by atoms with Crippen LogP contribution in [0.1, 0.15) is 37.8 Å². The molecule has 7 nitrogen and oxygen atoms in total. The van der Waals surface area contributed by atoms with Crippen molar-refractivity contribution in [1.29, 1.82) is 0 Å². The summed E-state index contributed by atoms with van der Waals surface area (Å²) in [4.78, 5) is 24.5. The smallest absolute Gasteiger partial charge is 0.246 e. The van der Waals surface area contributed by atoms with E-state index in [1.807, 2.05) is 6.07 Å². The molecule has 8 heteroatoms. The van der Waals surface area contributed by atoms with E-state index < -0.39 is 5.82 Å². The zero-order valence-electron chi connectivity index (χ0n) is 18.1. The number of piperidine rings is 1. The molecule has 1 aromatic carbocycles. The van der Waals surface area contributed by atoms with E-state index in [2.05, 4.69) is 58.1 Å². The van der Waals surface area contributed by atoms with Crippen molar-refractivity contribution in [2.24, 2.45) is 0 Å². The molecule has 2 aromatic rings. The van der Waals surface area contributed by atoms with Crippen LogP contribution in [0, 0.1) is 5.82 Å². The monoisotopic (exact) mass is 424 g/mol. The number of nitrogens with one attached hydrogen (secondary N) is 2. The average Bonchev–Trinajstić information content (AvgIpc) is 3.19. The second kappa shape index (κ2) is 9.01. The van der Waals surface area contributed by atoms with Gasteiger partial charge < -0.3 is 15.5 Å². The molecule has 0 saturated carbocycles. The van der Waals surface area contributed by atoms with E-state index in [4.69, 9.17) is 0 Å². The molecule has 0 unspecified atom stereocenters. The number of amides is 1. The van der Waals surface area contributed by atoms with E-state index in [1.54, 1.807) is 4.90 Å². The molecular formula is C23H29FN6O. The van der Waals surface area contributed by atoms with E-state index >= 15 is 0 Å². The van der Waals surface area contributed by atoms with Crippen molar-refractivity contribution in [3.05, 3.63) is 54.0 Å². The minimum Gasteiger partial charge on any atom is -0.363 e. The van der Waals surface area contributed by atoms with Crippen LogP contribution in [0.25, 0.3) is 0 Å². The summed E-state index contributed by atoms with van der Waals surface area (Å²) in [7, 11) is 0. The number of fused-ring (bicyclic) bond motifs is 1. The summed E-state index contributed by atoms with van der Waals surface area (Å²) in [6, 6.07) is 6.66. The maximum atomic E-state index is 14.4. The summed E-state index contributed by atoms with van der Waals surface area (Å²) in [5.41, 5.74) is 3.49. The van der Waals surface area contributed by atoms with Crippen LogP contribution in [0.2, 0.25) is 0 Å². The van der Waals surface area contributed by atoms with E-state index in [-0.39, 0.29) is 17.8 Å². The topological polar surface area (TPSA) is 73.4 Å². The van der Waals surface area contributed by atoms with Crippen LogP contribution >= 0.6 is 0 Å². The molecule has 164 valence electrons. The number of aromatic nitrogens is 2. The molecule has 2 aliphatic heterocycles. The van der Waals surface area contributed by atoms with Crippen molar-refractivity contribution >= 4 is 23.4 Å². The predicted molar refractivity (Wildman–Crippen MR) is 120 cm³/mol. The summed E-state index contributed by atoms with van der Waals surface area (Å²) < 4.78 is 14.4. The molecule has 0 radical (unpaired) electrons. The normalized spacial score (nSPS) is 18.7. The largest absolute Gasteiger partial charge is 0.363 e. The third kappa shape index (κ3) is 4.85. The Balaban J connectivity index is 1.45. The number of likely N-dealkylation sites (tertiary alicyclic amines) is 1. The number of hydrogen-bond acceptors (Lipinski definition) is 6. The maximum absolute atomic E-state index is 14.4. The number of carbonyl (C=O) groups excluding carboxylic acids is 1. The van der Waals surface area contributed by atoms with E-state index in [9.17, 15) is 9.18 Å². The van der Waals surface area contributed by atoms with Crippen LogP contribution in [-0.2, 0) is 17.9 Å². The number of carbonyl (C=O) groups is 1. The zero-order chi connectivity index (χ0) is 22.0. The first-order valence-corrected chi connectivity index (χ1v) is 10.8. The molecule has 1 amide bonds. The highest BCUT2D eigenvalue weighted by Crippen LogP contribution is 2.28. The highest BCUT2D eigenvalue weighted by atomic mass is 19.1. The van der Waals surface area contributed by atoms with Crippen LogP contribution in [0.4, 0.5) is 21.8 Å². The number of nitrogens with zero attached hydrogens (tertiary/aromatic N) is 4. The number of anilines is 3. The second-order valence-electron chi connectivity index (χ2n) is 8.47. The van der Waals surface area contributed by atoms with Gasteiger partial charge in [0.2, 0.25) is 11.9 Å². The van der Waals surface area contributed by atoms with Gasteiger partial charge in [-0.1, -0.05) is 12.6 Å². The highest BCUT2D eigenvalue weighted by molar-refractivity contribution is 5.87. The molecule has 31 heavy (non-hydrogen) atoms.